The molecule has 0 saturated carbocycles. The number of H-pyrrole nitrogens is 1. The average Bonchev–Trinajstić information content (AvgIpc) is 3.57. The quantitative estimate of drug-likeness (QED) is 0.398. The Balaban J connectivity index is 1.49. The van der Waals surface area contributed by atoms with Gasteiger partial charge in [0.15, 0.2) is 5.76 Å². The second-order valence-electron chi connectivity index (χ2n) is 7.73. The number of aromatic amines is 1. The lowest BCUT2D eigenvalue weighted by molar-refractivity contribution is -0.129. The number of methoxy groups -OCH3 is 1. The van der Waals surface area contributed by atoms with E-state index in [1.54, 1.807) is 48.0 Å². The van der Waals surface area contributed by atoms with E-state index in [1.165, 1.54) is 11.3 Å². The topological polar surface area (TPSA) is 95.5 Å². The van der Waals surface area contributed by atoms with E-state index in [2.05, 4.69) is 9.97 Å². The molecule has 0 aliphatic carbocycles. The molecule has 0 radical (unpaired) electrons. The summed E-state index contributed by atoms with van der Waals surface area (Å²) in [4.78, 5) is 35.8. The molecular weight excluding hydrogens is 438 g/mol. The third-order valence-electron chi connectivity index (χ3n) is 5.89. The van der Waals surface area contributed by atoms with Crippen molar-refractivity contribution in [3.05, 3.63) is 93.8 Å². The van der Waals surface area contributed by atoms with Crippen LogP contribution in [0.2, 0.25) is 0 Å². The van der Waals surface area contributed by atoms with E-state index in [0.717, 1.165) is 22.2 Å². The van der Waals surface area contributed by atoms with Crippen LogP contribution in [-0.2, 0) is 11.2 Å². The van der Waals surface area contributed by atoms with Crippen LogP contribution in [0.4, 0.5) is 0 Å². The van der Waals surface area contributed by atoms with Crippen LogP contribution in [0.1, 0.15) is 26.8 Å². The van der Waals surface area contributed by atoms with Crippen molar-refractivity contribution in [2.75, 3.05) is 13.7 Å². The number of aromatic nitrogens is 2. The molecule has 33 heavy (non-hydrogen) atoms. The predicted octanol–water partition coefficient (Wildman–Crippen LogP) is 4.45. The molecule has 166 valence electrons. The van der Waals surface area contributed by atoms with Gasteiger partial charge in [0.2, 0.25) is 5.78 Å². The molecule has 0 saturated heterocycles. The summed E-state index contributed by atoms with van der Waals surface area (Å²) in [6.45, 7) is 0.313. The molecule has 2 N–H and O–H groups in total. The van der Waals surface area contributed by atoms with Gasteiger partial charge in [0.05, 0.1) is 23.6 Å². The number of carbonyl (C=O) groups excluding carboxylic acids is 2. The van der Waals surface area contributed by atoms with Crippen LogP contribution >= 0.6 is 11.3 Å². The molecule has 3 aromatic heterocycles. The van der Waals surface area contributed by atoms with Gasteiger partial charge in [-0.1, -0.05) is 12.1 Å². The summed E-state index contributed by atoms with van der Waals surface area (Å²) >= 11 is 1.28. The van der Waals surface area contributed by atoms with Crippen LogP contribution in [0, 0.1) is 0 Å². The minimum atomic E-state index is -0.708. The number of fused-ring (bicyclic) bond motifs is 1. The number of benzene rings is 1. The summed E-state index contributed by atoms with van der Waals surface area (Å²) in [5.74, 6) is -0.648. The zero-order valence-corrected chi connectivity index (χ0v) is 18.6. The van der Waals surface area contributed by atoms with E-state index in [-0.39, 0.29) is 11.4 Å². The maximum atomic E-state index is 13.2. The lowest BCUT2D eigenvalue weighted by atomic mass is 9.96. The van der Waals surface area contributed by atoms with Crippen LogP contribution in [0.25, 0.3) is 10.9 Å². The molecule has 4 aromatic rings. The number of hydrogen-bond donors (Lipinski definition) is 2. The SMILES string of the molecule is COc1ccc2[nH]cc(CCN3C(=O)C(O)=C(C(=O)c4cccs4)[C@H]3c3cccnc3)c2c1. The molecule has 1 aromatic carbocycles. The highest BCUT2D eigenvalue weighted by molar-refractivity contribution is 7.12. The van der Waals surface area contributed by atoms with Gasteiger partial charge in [-0.2, -0.15) is 0 Å². The van der Waals surface area contributed by atoms with Gasteiger partial charge in [-0.05, 0) is 53.3 Å². The zero-order valence-electron chi connectivity index (χ0n) is 17.8. The molecule has 1 aliphatic heterocycles. The Kier molecular flexibility index (Phi) is 5.43. The Labute approximate surface area is 194 Å². The number of carbonyl (C=O) groups is 2. The van der Waals surface area contributed by atoms with Crippen molar-refractivity contribution < 1.29 is 19.4 Å². The molecule has 8 heteroatoms. The first kappa shape index (κ1) is 21.0. The number of hydrogen-bond acceptors (Lipinski definition) is 6. The standard InChI is InChI=1S/C25H21N3O4S/c1-32-17-6-7-19-18(12-17)15(14-27-19)8-10-28-22(16-4-2-9-26-13-16)21(24(30)25(28)31)23(29)20-5-3-11-33-20/h2-7,9,11-14,22,27,30H,8,10H2,1H3/t22-/m1/s1. The van der Waals surface area contributed by atoms with Crippen molar-refractivity contribution >= 4 is 33.9 Å². The minimum absolute atomic E-state index is 0.0936. The molecule has 1 amide bonds. The summed E-state index contributed by atoms with van der Waals surface area (Å²) in [6, 6.07) is 12.1. The molecule has 7 nitrogen and oxygen atoms in total. The maximum Gasteiger partial charge on any atom is 0.290 e. The maximum absolute atomic E-state index is 13.2. The highest BCUT2D eigenvalue weighted by atomic mass is 32.1. The molecular formula is C25H21N3O4S. The van der Waals surface area contributed by atoms with Crippen LogP contribution in [0.3, 0.4) is 0 Å². The van der Waals surface area contributed by atoms with Gasteiger partial charge in [0.25, 0.3) is 5.91 Å². The number of Topliss-reactive ketones (excluding diaryl/α,β-unsaturated/α-hetero) is 1. The van der Waals surface area contributed by atoms with Crippen molar-refractivity contribution in [1.82, 2.24) is 14.9 Å². The van der Waals surface area contributed by atoms with Gasteiger partial charge in [-0.3, -0.25) is 14.6 Å². The van der Waals surface area contributed by atoms with E-state index in [1.807, 2.05) is 30.5 Å². The first-order chi connectivity index (χ1) is 16.1. The first-order valence-electron chi connectivity index (χ1n) is 10.4. The lowest BCUT2D eigenvalue weighted by Gasteiger charge is -2.26. The van der Waals surface area contributed by atoms with Gasteiger partial charge in [-0.25, -0.2) is 0 Å². The summed E-state index contributed by atoms with van der Waals surface area (Å²) in [6.07, 6.45) is 5.70. The van der Waals surface area contributed by atoms with Crippen molar-refractivity contribution in [3.8, 4) is 5.75 Å². The van der Waals surface area contributed by atoms with Crippen LogP contribution in [0.5, 0.6) is 5.75 Å². The van der Waals surface area contributed by atoms with Gasteiger partial charge >= 0.3 is 0 Å². The lowest BCUT2D eigenvalue weighted by Crippen LogP contribution is -2.33. The molecule has 1 atom stereocenters. The summed E-state index contributed by atoms with van der Waals surface area (Å²) in [5.41, 5.74) is 2.75. The number of ketones is 1. The summed E-state index contributed by atoms with van der Waals surface area (Å²) in [5, 5.41) is 13.6. The van der Waals surface area contributed by atoms with Gasteiger partial charge in [-0.15, -0.1) is 11.3 Å². The third kappa shape index (κ3) is 3.68. The number of thiophene rings is 1. The number of aliphatic hydroxyl groups excluding tert-OH is 1. The van der Waals surface area contributed by atoms with Crippen LogP contribution < -0.4 is 4.74 Å². The van der Waals surface area contributed by atoms with E-state index >= 15 is 0 Å². The fourth-order valence-electron chi connectivity index (χ4n) is 4.27. The number of nitrogens with zero attached hydrogens (tertiary/aromatic N) is 2. The Bertz CT molecular complexity index is 1360. The largest absolute Gasteiger partial charge is 0.503 e. The number of rotatable bonds is 7. The fraction of sp³-hybridized carbons (Fsp3) is 0.160. The zero-order chi connectivity index (χ0) is 22.9. The summed E-state index contributed by atoms with van der Waals surface area (Å²) < 4.78 is 5.34. The Morgan fingerprint density at radius 1 is 1.27 bits per heavy atom. The second kappa shape index (κ2) is 8.55. The summed E-state index contributed by atoms with van der Waals surface area (Å²) in [7, 11) is 1.62. The highest BCUT2D eigenvalue weighted by Crippen LogP contribution is 2.39. The molecule has 0 fully saturated rings. The van der Waals surface area contributed by atoms with Crippen LogP contribution in [-0.4, -0.2) is 45.3 Å². The van der Waals surface area contributed by atoms with Gasteiger partial charge in [0.1, 0.15) is 5.75 Å². The Morgan fingerprint density at radius 2 is 2.15 bits per heavy atom. The van der Waals surface area contributed by atoms with Crippen molar-refractivity contribution in [2.45, 2.75) is 12.5 Å². The van der Waals surface area contributed by atoms with Crippen molar-refractivity contribution in [1.29, 1.82) is 0 Å². The van der Waals surface area contributed by atoms with Crippen molar-refractivity contribution in [2.24, 2.45) is 0 Å². The second-order valence-corrected chi connectivity index (χ2v) is 8.68. The van der Waals surface area contributed by atoms with Crippen LogP contribution in [0.15, 0.2) is 77.8 Å². The first-order valence-corrected chi connectivity index (χ1v) is 11.3. The smallest absolute Gasteiger partial charge is 0.290 e. The van der Waals surface area contributed by atoms with Gasteiger partial charge in [0, 0.05) is 36.0 Å². The van der Waals surface area contributed by atoms with Gasteiger partial charge < -0.3 is 19.7 Å². The highest BCUT2D eigenvalue weighted by Gasteiger charge is 2.43. The molecule has 0 unspecified atom stereocenters. The minimum Gasteiger partial charge on any atom is -0.503 e. The number of ether oxygens (including phenoxy) is 1. The van der Waals surface area contributed by atoms with E-state index in [9.17, 15) is 14.7 Å². The number of pyridine rings is 1. The third-order valence-corrected chi connectivity index (χ3v) is 6.76. The Morgan fingerprint density at radius 3 is 2.88 bits per heavy atom. The molecule has 0 spiro atoms. The molecule has 5 rings (SSSR count). The normalized spacial score (nSPS) is 16.1. The molecule has 0 bridgehead atoms. The van der Waals surface area contributed by atoms with E-state index in [4.69, 9.17) is 4.74 Å². The fourth-order valence-corrected chi connectivity index (χ4v) is 4.95. The number of aliphatic hydroxyl groups is 1. The Hall–Kier alpha value is -3.91. The van der Waals surface area contributed by atoms with E-state index < -0.39 is 17.7 Å². The number of amides is 1. The van der Waals surface area contributed by atoms with E-state index in [0.29, 0.717) is 23.4 Å². The molecule has 1 aliphatic rings. The predicted molar refractivity (Wildman–Crippen MR) is 126 cm³/mol. The average molecular weight is 460 g/mol. The number of nitrogens with one attached hydrogen (secondary N) is 1. The van der Waals surface area contributed by atoms with Crippen molar-refractivity contribution in [3.63, 3.8) is 0 Å². The molecule has 4 heterocycles. The monoisotopic (exact) mass is 459 g/mol.